The number of aromatic nitrogens is 3. The van der Waals surface area contributed by atoms with Crippen molar-refractivity contribution in [2.24, 2.45) is 0 Å². The summed E-state index contributed by atoms with van der Waals surface area (Å²) < 4.78 is 27.7. The average Bonchev–Trinajstić information content (AvgIpc) is 3.13. The number of ketones is 1. The number of aryl methyl sites for hydroxylation is 1. The number of nitrogens with two attached hydrogens (primary N) is 1. The number of nitrogens with zero attached hydrogens (tertiary/aromatic N) is 2. The van der Waals surface area contributed by atoms with Crippen molar-refractivity contribution in [1.29, 1.82) is 0 Å². The van der Waals surface area contributed by atoms with E-state index < -0.39 is 10.0 Å². The van der Waals surface area contributed by atoms with Gasteiger partial charge in [-0.1, -0.05) is 29.8 Å². The van der Waals surface area contributed by atoms with Gasteiger partial charge in [-0.2, -0.15) is 0 Å². The number of nitrogens with one attached hydrogen (secondary N) is 2. The molecule has 0 aliphatic heterocycles. The molecule has 0 atom stereocenters. The maximum atomic E-state index is 13.0. The van der Waals surface area contributed by atoms with Crippen LogP contribution in [0.25, 0.3) is 11.0 Å². The highest BCUT2D eigenvalue weighted by molar-refractivity contribution is 7.92. The normalized spacial score (nSPS) is 11.5. The van der Waals surface area contributed by atoms with Crippen LogP contribution in [-0.4, -0.2) is 29.2 Å². The van der Waals surface area contributed by atoms with Gasteiger partial charge in [-0.15, -0.1) is 0 Å². The molecule has 4 aromatic rings. The summed E-state index contributed by atoms with van der Waals surface area (Å²) in [5, 5.41) is 0.433. The molecule has 0 aliphatic carbocycles. The van der Waals surface area contributed by atoms with Crippen molar-refractivity contribution in [2.75, 3.05) is 10.5 Å². The van der Waals surface area contributed by atoms with Gasteiger partial charge in [0.1, 0.15) is 17.8 Å². The number of benzene rings is 2. The topological polar surface area (TPSA) is 131 Å². The van der Waals surface area contributed by atoms with Crippen molar-refractivity contribution in [3.8, 4) is 0 Å². The van der Waals surface area contributed by atoms with Crippen LogP contribution in [0.1, 0.15) is 21.5 Å². The van der Waals surface area contributed by atoms with Gasteiger partial charge in [-0.25, -0.2) is 18.4 Å². The maximum Gasteiger partial charge on any atom is 0.261 e. The fourth-order valence-electron chi connectivity index (χ4n) is 2.98. The average molecular weight is 407 g/mol. The third kappa shape index (κ3) is 3.55. The molecule has 9 heteroatoms. The van der Waals surface area contributed by atoms with Crippen LogP contribution >= 0.6 is 0 Å². The Morgan fingerprint density at radius 1 is 1.10 bits per heavy atom. The third-order valence-corrected chi connectivity index (χ3v) is 5.85. The van der Waals surface area contributed by atoms with Crippen LogP contribution in [0.2, 0.25) is 0 Å². The Hall–Kier alpha value is -3.72. The second kappa shape index (κ2) is 7.02. The molecular formula is C20H17N5O3S. The Morgan fingerprint density at radius 3 is 2.62 bits per heavy atom. The quantitative estimate of drug-likeness (QED) is 0.436. The summed E-state index contributed by atoms with van der Waals surface area (Å²) in [7, 11) is -3.78. The van der Waals surface area contributed by atoms with Crippen LogP contribution in [0.3, 0.4) is 0 Å². The Kier molecular flexibility index (Phi) is 4.51. The highest BCUT2D eigenvalue weighted by Crippen LogP contribution is 2.25. The van der Waals surface area contributed by atoms with Crippen LogP contribution in [0, 0.1) is 6.92 Å². The number of rotatable bonds is 5. The number of sulfonamides is 1. The molecule has 29 heavy (non-hydrogen) atoms. The highest BCUT2D eigenvalue weighted by atomic mass is 32.2. The van der Waals surface area contributed by atoms with Crippen LogP contribution < -0.4 is 10.5 Å². The lowest BCUT2D eigenvalue weighted by Gasteiger charge is -2.09. The van der Waals surface area contributed by atoms with E-state index in [1.165, 1.54) is 30.7 Å². The number of carbonyl (C=O) groups excluding carboxylic acids is 1. The van der Waals surface area contributed by atoms with Gasteiger partial charge < -0.3 is 10.7 Å². The SMILES string of the molecule is Cc1ccc(S(=O)(=O)Nc2cccc(C(=O)c3c[nH]c4ncnc(N)c34)c2)cc1. The molecule has 146 valence electrons. The molecule has 4 N–H and O–H groups in total. The number of fused-ring (bicyclic) bond motifs is 1. The first-order valence-corrected chi connectivity index (χ1v) is 10.2. The van der Waals surface area contributed by atoms with Gasteiger partial charge in [0, 0.05) is 17.4 Å². The van der Waals surface area contributed by atoms with Crippen LogP contribution in [0.15, 0.2) is 66.0 Å². The van der Waals surface area contributed by atoms with Gasteiger partial charge in [-0.3, -0.25) is 9.52 Å². The molecule has 0 saturated carbocycles. The van der Waals surface area contributed by atoms with E-state index in [4.69, 9.17) is 5.73 Å². The molecule has 0 amide bonds. The fraction of sp³-hybridized carbons (Fsp3) is 0.0500. The number of hydrogen-bond donors (Lipinski definition) is 3. The minimum absolute atomic E-state index is 0.140. The van der Waals surface area contributed by atoms with E-state index in [2.05, 4.69) is 19.7 Å². The van der Waals surface area contributed by atoms with E-state index >= 15 is 0 Å². The standard InChI is InChI=1S/C20H17N5O3S/c1-12-5-7-15(8-6-12)29(27,28)25-14-4-2-3-13(9-14)18(26)16-10-22-20-17(16)19(21)23-11-24-20/h2-11,25H,1H3,(H3,21,22,23,24). The van der Waals surface area contributed by atoms with Crippen LogP contribution in [0.5, 0.6) is 0 Å². The van der Waals surface area contributed by atoms with Gasteiger partial charge in [0.15, 0.2) is 5.78 Å². The molecule has 0 unspecified atom stereocenters. The number of H-pyrrole nitrogens is 1. The van der Waals surface area contributed by atoms with Crippen LogP contribution in [0.4, 0.5) is 11.5 Å². The summed E-state index contributed by atoms with van der Waals surface area (Å²) in [5.74, 6) is -0.134. The van der Waals surface area contributed by atoms with Crippen molar-refractivity contribution >= 4 is 38.3 Å². The minimum atomic E-state index is -3.78. The molecule has 0 radical (unpaired) electrons. The predicted molar refractivity (Wildman–Crippen MR) is 110 cm³/mol. The van der Waals surface area contributed by atoms with E-state index in [0.717, 1.165) is 5.56 Å². The van der Waals surface area contributed by atoms with E-state index in [-0.39, 0.29) is 22.2 Å². The first-order chi connectivity index (χ1) is 13.8. The van der Waals surface area contributed by atoms with Gasteiger partial charge in [0.05, 0.1) is 15.8 Å². The molecule has 4 rings (SSSR count). The first kappa shape index (κ1) is 18.6. The van der Waals surface area contributed by atoms with Crippen molar-refractivity contribution in [3.05, 3.63) is 77.7 Å². The third-order valence-electron chi connectivity index (χ3n) is 4.45. The van der Waals surface area contributed by atoms with Crippen LogP contribution in [-0.2, 0) is 10.0 Å². The zero-order valence-corrected chi connectivity index (χ0v) is 16.2. The lowest BCUT2D eigenvalue weighted by atomic mass is 10.0. The molecule has 0 saturated heterocycles. The molecule has 2 aromatic carbocycles. The number of nitrogen functional groups attached to an aromatic ring is 1. The molecular weight excluding hydrogens is 390 g/mol. The van der Waals surface area contributed by atoms with Crippen molar-refractivity contribution in [3.63, 3.8) is 0 Å². The highest BCUT2D eigenvalue weighted by Gasteiger charge is 2.19. The van der Waals surface area contributed by atoms with Crippen molar-refractivity contribution < 1.29 is 13.2 Å². The summed E-state index contributed by atoms with van der Waals surface area (Å²) in [4.78, 5) is 24.0. The minimum Gasteiger partial charge on any atom is -0.383 e. The van der Waals surface area contributed by atoms with E-state index in [0.29, 0.717) is 22.2 Å². The van der Waals surface area contributed by atoms with E-state index in [1.807, 2.05) is 6.92 Å². The van der Waals surface area contributed by atoms with E-state index in [1.54, 1.807) is 30.3 Å². The zero-order chi connectivity index (χ0) is 20.6. The Morgan fingerprint density at radius 2 is 1.86 bits per heavy atom. The molecule has 2 aromatic heterocycles. The second-order valence-corrected chi connectivity index (χ2v) is 8.20. The summed E-state index contributed by atoms with van der Waals surface area (Å²) in [5.41, 5.74) is 8.20. The lowest BCUT2D eigenvalue weighted by Crippen LogP contribution is -2.13. The maximum absolute atomic E-state index is 13.0. The largest absolute Gasteiger partial charge is 0.383 e. The Bertz CT molecular complexity index is 1330. The van der Waals surface area contributed by atoms with Crippen molar-refractivity contribution in [1.82, 2.24) is 15.0 Å². The smallest absolute Gasteiger partial charge is 0.261 e. The molecule has 0 spiro atoms. The summed E-state index contributed by atoms with van der Waals surface area (Å²) in [6.45, 7) is 1.88. The van der Waals surface area contributed by atoms with Gasteiger partial charge in [0.25, 0.3) is 10.0 Å². The molecule has 0 fully saturated rings. The summed E-state index contributed by atoms with van der Waals surface area (Å²) >= 11 is 0. The molecule has 0 bridgehead atoms. The molecule has 8 nitrogen and oxygen atoms in total. The molecule has 0 aliphatic rings. The number of aromatic amines is 1. The Labute approximate surface area is 166 Å². The number of hydrogen-bond acceptors (Lipinski definition) is 6. The number of anilines is 2. The predicted octanol–water partition coefficient (Wildman–Crippen LogP) is 2.88. The van der Waals surface area contributed by atoms with Gasteiger partial charge in [-0.05, 0) is 31.2 Å². The van der Waals surface area contributed by atoms with Crippen molar-refractivity contribution in [2.45, 2.75) is 11.8 Å². The zero-order valence-electron chi connectivity index (χ0n) is 15.4. The second-order valence-electron chi connectivity index (χ2n) is 6.51. The van der Waals surface area contributed by atoms with E-state index in [9.17, 15) is 13.2 Å². The monoisotopic (exact) mass is 407 g/mol. The fourth-order valence-corrected chi connectivity index (χ4v) is 4.03. The number of carbonyl (C=O) groups is 1. The summed E-state index contributed by atoms with van der Waals surface area (Å²) in [6.07, 6.45) is 2.82. The lowest BCUT2D eigenvalue weighted by molar-refractivity contribution is 0.104. The summed E-state index contributed by atoms with van der Waals surface area (Å²) in [6, 6.07) is 12.8. The van der Waals surface area contributed by atoms with Gasteiger partial charge in [0.2, 0.25) is 0 Å². The Balaban J connectivity index is 1.66. The van der Waals surface area contributed by atoms with Gasteiger partial charge >= 0.3 is 0 Å². The molecule has 2 heterocycles. The first-order valence-electron chi connectivity index (χ1n) is 8.67.